The van der Waals surface area contributed by atoms with E-state index in [1.807, 2.05) is 6.07 Å². The van der Waals surface area contributed by atoms with Crippen LogP contribution in [-0.2, 0) is 19.8 Å². The summed E-state index contributed by atoms with van der Waals surface area (Å²) in [7, 11) is 3.35. The Hall–Kier alpha value is -4.28. The van der Waals surface area contributed by atoms with Crippen LogP contribution >= 0.6 is 11.6 Å². The molecule has 1 atom stereocenters. The molecule has 3 aromatic heterocycles. The summed E-state index contributed by atoms with van der Waals surface area (Å²) in [5.41, 5.74) is 0.692. The van der Waals surface area contributed by atoms with Gasteiger partial charge in [0.15, 0.2) is 0 Å². The van der Waals surface area contributed by atoms with Gasteiger partial charge in [-0.2, -0.15) is 5.26 Å². The Balaban J connectivity index is 1.84. The van der Waals surface area contributed by atoms with Gasteiger partial charge in [-0.3, -0.25) is 9.36 Å². The highest BCUT2D eigenvalue weighted by atomic mass is 35.5. The van der Waals surface area contributed by atoms with Crippen molar-refractivity contribution in [3.05, 3.63) is 117 Å². The first-order valence-corrected chi connectivity index (χ1v) is 11.1. The van der Waals surface area contributed by atoms with Gasteiger partial charge in [-0.15, -0.1) is 0 Å². The molecule has 0 N–H and O–H groups in total. The topological polar surface area (TPSA) is 76.5 Å². The van der Waals surface area contributed by atoms with Gasteiger partial charge in [0.25, 0.3) is 5.56 Å². The molecule has 0 fully saturated rings. The molecular weight excluding hydrogens is 465 g/mol. The summed E-state index contributed by atoms with van der Waals surface area (Å²) in [6.07, 6.45) is 4.46. The van der Waals surface area contributed by atoms with E-state index >= 15 is 4.39 Å². The van der Waals surface area contributed by atoms with E-state index in [-0.39, 0.29) is 11.1 Å². The number of pyridine rings is 2. The standard InChI is InChI=1S/C27H19ClFN5O/c1-33-16-31-15-24(33)27(29,19-6-8-21(28)9-7-19)20-11-23-22(18-5-3-4-17(10-18)13-30)12-25(35)34(2)26(23)32-14-20/h3-12,14-16H,1-2H3. The van der Waals surface area contributed by atoms with E-state index in [9.17, 15) is 10.1 Å². The molecule has 172 valence electrons. The van der Waals surface area contributed by atoms with Crippen LogP contribution in [-0.4, -0.2) is 19.1 Å². The molecule has 0 bridgehead atoms. The first-order chi connectivity index (χ1) is 16.8. The zero-order valence-electron chi connectivity index (χ0n) is 18.9. The van der Waals surface area contributed by atoms with Gasteiger partial charge >= 0.3 is 0 Å². The molecule has 2 aromatic carbocycles. The fourth-order valence-corrected chi connectivity index (χ4v) is 4.47. The van der Waals surface area contributed by atoms with Gasteiger partial charge in [-0.25, -0.2) is 14.4 Å². The Bertz CT molecular complexity index is 1680. The van der Waals surface area contributed by atoms with E-state index in [4.69, 9.17) is 11.6 Å². The number of benzene rings is 2. The number of aryl methyl sites for hydroxylation is 2. The quantitative estimate of drug-likeness (QED) is 0.355. The molecule has 0 aliphatic heterocycles. The van der Waals surface area contributed by atoms with Crippen LogP contribution in [0.15, 0.2) is 84.2 Å². The maximum absolute atomic E-state index is 17.3. The number of alkyl halides is 1. The number of nitrogens with zero attached hydrogens (tertiary/aromatic N) is 5. The number of fused-ring (bicyclic) bond motifs is 1. The van der Waals surface area contributed by atoms with Crippen molar-refractivity contribution in [1.29, 1.82) is 5.26 Å². The van der Waals surface area contributed by atoms with Crippen LogP contribution < -0.4 is 5.56 Å². The van der Waals surface area contributed by atoms with Crippen LogP contribution in [0.5, 0.6) is 0 Å². The van der Waals surface area contributed by atoms with Gasteiger partial charge in [-0.1, -0.05) is 35.9 Å². The second-order valence-corrected chi connectivity index (χ2v) is 8.73. The Morgan fingerprint density at radius 2 is 1.80 bits per heavy atom. The number of aromatic nitrogens is 4. The number of hydrogen-bond acceptors (Lipinski definition) is 4. The summed E-state index contributed by atoms with van der Waals surface area (Å²) >= 11 is 6.08. The number of hydrogen-bond donors (Lipinski definition) is 0. The molecule has 0 aliphatic carbocycles. The Kier molecular flexibility index (Phi) is 5.46. The van der Waals surface area contributed by atoms with Gasteiger partial charge in [0.05, 0.1) is 29.9 Å². The minimum atomic E-state index is -2.10. The molecule has 35 heavy (non-hydrogen) atoms. The predicted molar refractivity (Wildman–Crippen MR) is 133 cm³/mol. The van der Waals surface area contributed by atoms with Crippen molar-refractivity contribution in [3.8, 4) is 17.2 Å². The average Bonchev–Trinajstić information content (AvgIpc) is 3.32. The van der Waals surface area contributed by atoms with Crippen molar-refractivity contribution in [2.45, 2.75) is 5.67 Å². The molecule has 6 nitrogen and oxygen atoms in total. The van der Waals surface area contributed by atoms with Crippen molar-refractivity contribution in [3.63, 3.8) is 0 Å². The highest BCUT2D eigenvalue weighted by Crippen LogP contribution is 2.42. The summed E-state index contributed by atoms with van der Waals surface area (Å²) in [5, 5.41) is 10.4. The van der Waals surface area contributed by atoms with E-state index < -0.39 is 5.67 Å². The lowest BCUT2D eigenvalue weighted by atomic mass is 9.85. The van der Waals surface area contributed by atoms with Crippen molar-refractivity contribution in [2.24, 2.45) is 14.1 Å². The smallest absolute Gasteiger partial charge is 0.252 e. The highest BCUT2D eigenvalue weighted by Gasteiger charge is 2.40. The molecule has 5 aromatic rings. The van der Waals surface area contributed by atoms with Crippen LogP contribution in [0.1, 0.15) is 22.4 Å². The Morgan fingerprint density at radius 1 is 1.03 bits per heavy atom. The number of imidazole rings is 1. The van der Waals surface area contributed by atoms with Gasteiger partial charge in [0.1, 0.15) is 5.65 Å². The predicted octanol–water partition coefficient (Wildman–Crippen LogP) is 5.12. The summed E-state index contributed by atoms with van der Waals surface area (Å²) in [4.78, 5) is 21.4. The number of rotatable bonds is 4. The molecule has 3 heterocycles. The number of nitriles is 1. The molecule has 0 amide bonds. The van der Waals surface area contributed by atoms with Crippen molar-refractivity contribution >= 4 is 22.6 Å². The highest BCUT2D eigenvalue weighted by molar-refractivity contribution is 6.30. The lowest BCUT2D eigenvalue weighted by Gasteiger charge is -2.27. The van der Waals surface area contributed by atoms with Gasteiger partial charge < -0.3 is 4.57 Å². The van der Waals surface area contributed by atoms with Gasteiger partial charge in [-0.05, 0) is 47.0 Å². The summed E-state index contributed by atoms with van der Waals surface area (Å²) < 4.78 is 20.4. The maximum Gasteiger partial charge on any atom is 0.252 e. The molecule has 0 radical (unpaired) electrons. The van der Waals surface area contributed by atoms with Crippen LogP contribution in [0.2, 0.25) is 5.02 Å². The minimum Gasteiger partial charge on any atom is -0.334 e. The molecule has 1 unspecified atom stereocenters. The largest absolute Gasteiger partial charge is 0.334 e. The summed E-state index contributed by atoms with van der Waals surface area (Å²) in [6.45, 7) is 0. The molecule has 8 heteroatoms. The van der Waals surface area contributed by atoms with Crippen LogP contribution in [0.3, 0.4) is 0 Å². The molecule has 0 saturated heterocycles. The molecule has 0 spiro atoms. The number of halogens is 2. The maximum atomic E-state index is 17.3. The van der Waals surface area contributed by atoms with Crippen molar-refractivity contribution in [2.75, 3.05) is 0 Å². The van der Waals surface area contributed by atoms with Crippen LogP contribution in [0.4, 0.5) is 4.39 Å². The molecular formula is C27H19ClFN5O. The van der Waals surface area contributed by atoms with Gasteiger partial charge in [0, 0.05) is 42.3 Å². The monoisotopic (exact) mass is 483 g/mol. The Morgan fingerprint density at radius 3 is 2.49 bits per heavy atom. The second kappa shape index (κ2) is 8.49. The van der Waals surface area contributed by atoms with E-state index in [1.54, 1.807) is 67.2 Å². The zero-order chi connectivity index (χ0) is 24.7. The van der Waals surface area contributed by atoms with Crippen LogP contribution in [0.25, 0.3) is 22.2 Å². The fourth-order valence-electron chi connectivity index (χ4n) is 4.34. The molecule has 5 rings (SSSR count). The minimum absolute atomic E-state index is 0.258. The molecule has 0 saturated carbocycles. The molecule has 0 aliphatic rings. The van der Waals surface area contributed by atoms with E-state index in [1.165, 1.54) is 29.4 Å². The van der Waals surface area contributed by atoms with E-state index in [0.29, 0.717) is 44.0 Å². The third-order valence-corrected chi connectivity index (χ3v) is 6.44. The lowest BCUT2D eigenvalue weighted by Crippen LogP contribution is -2.27. The zero-order valence-corrected chi connectivity index (χ0v) is 19.7. The van der Waals surface area contributed by atoms with E-state index in [2.05, 4.69) is 16.0 Å². The summed E-state index contributed by atoms with van der Waals surface area (Å²) in [5.74, 6) is 0. The second-order valence-electron chi connectivity index (χ2n) is 8.30. The summed E-state index contributed by atoms with van der Waals surface area (Å²) in [6, 6.07) is 18.8. The first-order valence-electron chi connectivity index (χ1n) is 10.8. The van der Waals surface area contributed by atoms with E-state index in [0.717, 1.165) is 0 Å². The third-order valence-electron chi connectivity index (χ3n) is 6.19. The third kappa shape index (κ3) is 3.69. The van der Waals surface area contributed by atoms with Crippen molar-refractivity contribution < 1.29 is 4.39 Å². The Labute approximate surface area is 205 Å². The normalized spacial score (nSPS) is 12.9. The van der Waals surface area contributed by atoms with Gasteiger partial charge in [0.2, 0.25) is 5.67 Å². The average molecular weight is 484 g/mol. The first kappa shape index (κ1) is 22.5. The lowest BCUT2D eigenvalue weighted by molar-refractivity contribution is 0.266. The SMILES string of the molecule is Cn1cncc1C(F)(c1ccc(Cl)cc1)c1cnc2c(c1)c(-c1cccc(C#N)c1)cc(=O)n2C. The van der Waals surface area contributed by atoms with Crippen LogP contribution in [0, 0.1) is 11.3 Å². The van der Waals surface area contributed by atoms with Crippen molar-refractivity contribution in [1.82, 2.24) is 19.1 Å². The fraction of sp³-hybridized carbons (Fsp3) is 0.111.